The zero-order chi connectivity index (χ0) is 21.5. The van der Waals surface area contributed by atoms with Gasteiger partial charge >= 0.3 is 11.9 Å². The average Bonchev–Trinajstić information content (AvgIpc) is 3.08. The van der Waals surface area contributed by atoms with Crippen LogP contribution in [0.25, 0.3) is 5.69 Å². The summed E-state index contributed by atoms with van der Waals surface area (Å²) in [6.07, 6.45) is -4.46. The number of fused-ring (bicyclic) bond motifs is 1. The number of hydrogen-bond donors (Lipinski definition) is 0. The molecule has 156 valence electrons. The number of amides is 1. The maximum atomic E-state index is 12.7. The van der Waals surface area contributed by atoms with Gasteiger partial charge < -0.3 is 9.64 Å². The molecule has 0 bridgehead atoms. The molecule has 0 radical (unpaired) electrons. The predicted octanol–water partition coefficient (Wildman–Crippen LogP) is 2.72. The SMILES string of the molecule is COc1ccc(-n2nc3n(c2=O)CCN(C(=O)c2ccc(C(F)(F)F)cc2)C3)cc1. The molecule has 0 unspecified atom stereocenters. The molecule has 0 fully saturated rings. The molecule has 2 heterocycles. The number of carbonyl (C=O) groups is 1. The molecule has 1 aliphatic rings. The van der Waals surface area contributed by atoms with Gasteiger partial charge in [-0.05, 0) is 48.5 Å². The number of nitrogens with zero attached hydrogens (tertiary/aromatic N) is 4. The topological polar surface area (TPSA) is 69.4 Å². The Hall–Kier alpha value is -3.56. The summed E-state index contributed by atoms with van der Waals surface area (Å²) in [4.78, 5) is 26.8. The summed E-state index contributed by atoms with van der Waals surface area (Å²) in [6.45, 7) is 0.579. The molecule has 3 aromatic rings. The fraction of sp³-hybridized carbons (Fsp3) is 0.250. The minimum Gasteiger partial charge on any atom is -0.497 e. The first-order chi connectivity index (χ1) is 14.3. The standard InChI is InChI=1S/C20H17F3N4O3/c1-30-16-8-6-15(7-9-16)27-19(29)26-11-10-25(12-17(26)24-27)18(28)13-2-4-14(5-3-13)20(21,22)23/h2-9H,10-12H2,1H3. The van der Waals surface area contributed by atoms with Gasteiger partial charge in [0.2, 0.25) is 0 Å². The molecule has 0 aliphatic carbocycles. The molecule has 30 heavy (non-hydrogen) atoms. The van der Waals surface area contributed by atoms with Crippen molar-refractivity contribution in [1.82, 2.24) is 19.2 Å². The largest absolute Gasteiger partial charge is 0.497 e. The van der Waals surface area contributed by atoms with Crippen LogP contribution in [0.3, 0.4) is 0 Å². The lowest BCUT2D eigenvalue weighted by molar-refractivity contribution is -0.137. The van der Waals surface area contributed by atoms with Crippen LogP contribution in [0.2, 0.25) is 0 Å². The van der Waals surface area contributed by atoms with Crippen molar-refractivity contribution < 1.29 is 22.7 Å². The van der Waals surface area contributed by atoms with Crippen molar-refractivity contribution in [2.24, 2.45) is 0 Å². The van der Waals surface area contributed by atoms with Crippen LogP contribution < -0.4 is 10.4 Å². The van der Waals surface area contributed by atoms with Crippen LogP contribution in [0.5, 0.6) is 5.75 Å². The maximum absolute atomic E-state index is 12.7. The van der Waals surface area contributed by atoms with E-state index in [4.69, 9.17) is 4.74 Å². The van der Waals surface area contributed by atoms with Gasteiger partial charge in [0, 0.05) is 18.7 Å². The monoisotopic (exact) mass is 418 g/mol. The van der Waals surface area contributed by atoms with E-state index >= 15 is 0 Å². The highest BCUT2D eigenvalue weighted by Gasteiger charge is 2.31. The van der Waals surface area contributed by atoms with Gasteiger partial charge in [-0.3, -0.25) is 9.36 Å². The molecule has 10 heteroatoms. The Morgan fingerprint density at radius 1 is 1.03 bits per heavy atom. The van der Waals surface area contributed by atoms with Crippen LogP contribution in [-0.4, -0.2) is 38.8 Å². The van der Waals surface area contributed by atoms with Crippen molar-refractivity contribution >= 4 is 5.91 Å². The van der Waals surface area contributed by atoms with Gasteiger partial charge in [0.05, 0.1) is 24.9 Å². The van der Waals surface area contributed by atoms with Crippen LogP contribution in [0.1, 0.15) is 21.7 Å². The third-order valence-electron chi connectivity index (χ3n) is 4.93. The lowest BCUT2D eigenvalue weighted by Crippen LogP contribution is -2.40. The van der Waals surface area contributed by atoms with Crippen LogP contribution in [0.15, 0.2) is 53.3 Å². The van der Waals surface area contributed by atoms with Gasteiger partial charge in [-0.15, -0.1) is 5.10 Å². The Kier molecular flexibility index (Phi) is 4.84. The molecule has 7 nitrogen and oxygen atoms in total. The van der Waals surface area contributed by atoms with Crippen molar-refractivity contribution in [1.29, 1.82) is 0 Å². The van der Waals surface area contributed by atoms with Gasteiger partial charge in [0.1, 0.15) is 5.75 Å². The minimum absolute atomic E-state index is 0.0816. The second-order valence-corrected chi connectivity index (χ2v) is 6.76. The van der Waals surface area contributed by atoms with Gasteiger partial charge in [-0.25, -0.2) is 4.79 Å². The molecule has 0 N–H and O–H groups in total. The molecule has 4 rings (SSSR count). The zero-order valence-electron chi connectivity index (χ0n) is 15.9. The Balaban J connectivity index is 1.56. The van der Waals surface area contributed by atoms with Crippen LogP contribution in [-0.2, 0) is 19.3 Å². The van der Waals surface area contributed by atoms with Crippen molar-refractivity contribution in [2.75, 3.05) is 13.7 Å². The zero-order valence-corrected chi connectivity index (χ0v) is 15.9. The summed E-state index contributed by atoms with van der Waals surface area (Å²) in [5, 5.41) is 4.33. The van der Waals surface area contributed by atoms with Crippen molar-refractivity contribution in [3.8, 4) is 11.4 Å². The summed E-state index contributed by atoms with van der Waals surface area (Å²) in [5.74, 6) is 0.632. The second-order valence-electron chi connectivity index (χ2n) is 6.76. The van der Waals surface area contributed by atoms with Crippen LogP contribution >= 0.6 is 0 Å². The number of alkyl halides is 3. The molecule has 0 saturated carbocycles. The summed E-state index contributed by atoms with van der Waals surface area (Å²) < 4.78 is 46.0. The lowest BCUT2D eigenvalue weighted by Gasteiger charge is -2.26. The first-order valence-corrected chi connectivity index (χ1v) is 9.07. The molecule has 1 amide bonds. The number of methoxy groups -OCH3 is 1. The normalized spacial score (nSPS) is 13.8. The first kappa shape index (κ1) is 19.7. The highest BCUT2D eigenvalue weighted by molar-refractivity contribution is 5.94. The van der Waals surface area contributed by atoms with E-state index in [2.05, 4.69) is 5.10 Å². The average molecular weight is 418 g/mol. The Bertz CT molecular complexity index is 1130. The van der Waals surface area contributed by atoms with Gasteiger partial charge in [-0.1, -0.05) is 0 Å². The van der Waals surface area contributed by atoms with Crippen LogP contribution in [0.4, 0.5) is 13.2 Å². The summed E-state index contributed by atoms with van der Waals surface area (Å²) in [5.41, 5.74) is -0.432. The van der Waals surface area contributed by atoms with Crippen molar-refractivity contribution in [3.05, 3.63) is 76.0 Å². The molecule has 1 aliphatic heterocycles. The number of rotatable bonds is 3. The summed E-state index contributed by atoms with van der Waals surface area (Å²) in [7, 11) is 1.54. The van der Waals surface area contributed by atoms with E-state index in [1.165, 1.54) is 14.1 Å². The molecule has 2 aromatic carbocycles. The molecule has 1 aromatic heterocycles. The number of benzene rings is 2. The van der Waals surface area contributed by atoms with Gasteiger partial charge in [-0.2, -0.15) is 17.9 Å². The fourth-order valence-electron chi connectivity index (χ4n) is 3.30. The maximum Gasteiger partial charge on any atom is 0.416 e. The van der Waals surface area contributed by atoms with E-state index in [9.17, 15) is 22.8 Å². The van der Waals surface area contributed by atoms with E-state index < -0.39 is 17.6 Å². The predicted molar refractivity (Wildman–Crippen MR) is 101 cm³/mol. The number of carbonyl (C=O) groups excluding carboxylic acids is 1. The number of halogens is 3. The Morgan fingerprint density at radius 3 is 2.30 bits per heavy atom. The molecule has 0 spiro atoms. The van der Waals surface area contributed by atoms with Gasteiger partial charge in [0.25, 0.3) is 5.91 Å². The summed E-state index contributed by atoms with van der Waals surface area (Å²) in [6, 6.07) is 10.9. The van der Waals surface area contributed by atoms with E-state index in [0.29, 0.717) is 17.3 Å². The number of aromatic nitrogens is 3. The highest BCUT2D eigenvalue weighted by atomic mass is 19.4. The highest BCUT2D eigenvalue weighted by Crippen LogP contribution is 2.29. The first-order valence-electron chi connectivity index (χ1n) is 9.07. The van der Waals surface area contributed by atoms with Crippen molar-refractivity contribution in [2.45, 2.75) is 19.3 Å². The third-order valence-corrected chi connectivity index (χ3v) is 4.93. The second kappa shape index (κ2) is 7.36. The number of hydrogen-bond acceptors (Lipinski definition) is 4. The molecule has 0 atom stereocenters. The number of ether oxygens (including phenoxy) is 1. The van der Waals surface area contributed by atoms with Crippen molar-refractivity contribution in [3.63, 3.8) is 0 Å². The van der Waals surface area contributed by atoms with E-state index in [-0.39, 0.29) is 30.9 Å². The molecular weight excluding hydrogens is 401 g/mol. The Morgan fingerprint density at radius 2 is 1.70 bits per heavy atom. The fourth-order valence-corrected chi connectivity index (χ4v) is 3.30. The molecule has 0 saturated heterocycles. The van der Waals surface area contributed by atoms with E-state index in [1.807, 2.05) is 0 Å². The minimum atomic E-state index is -4.46. The van der Waals surface area contributed by atoms with Gasteiger partial charge in [0.15, 0.2) is 5.82 Å². The summed E-state index contributed by atoms with van der Waals surface area (Å²) >= 11 is 0. The smallest absolute Gasteiger partial charge is 0.416 e. The quantitative estimate of drug-likeness (QED) is 0.656. The molecular formula is C20H17F3N4O3. The van der Waals surface area contributed by atoms with Crippen LogP contribution in [0, 0.1) is 0 Å². The van der Waals surface area contributed by atoms with E-state index in [0.717, 1.165) is 24.3 Å². The van der Waals surface area contributed by atoms with E-state index in [1.54, 1.807) is 31.4 Å². The lowest BCUT2D eigenvalue weighted by atomic mass is 10.1. The third kappa shape index (κ3) is 3.56. The Labute approximate surface area is 168 Å².